The molecule has 2 N–H and O–H groups in total. The summed E-state index contributed by atoms with van der Waals surface area (Å²) in [4.78, 5) is 18.4. The van der Waals surface area contributed by atoms with Gasteiger partial charge < -0.3 is 25.0 Å². The lowest BCUT2D eigenvalue weighted by atomic mass is 10.0. The van der Waals surface area contributed by atoms with Gasteiger partial charge in [0.05, 0.1) is 5.60 Å². The molecule has 8 heteroatoms. The number of halogens is 1. The Balaban J connectivity index is 0.00000338. The molecule has 152 valence electrons. The van der Waals surface area contributed by atoms with Crippen LogP contribution in [0.5, 0.6) is 0 Å². The van der Waals surface area contributed by atoms with Crippen LogP contribution < -0.4 is 10.6 Å². The molecule has 1 heterocycles. The van der Waals surface area contributed by atoms with Crippen molar-refractivity contribution in [2.45, 2.75) is 70.6 Å². The molecule has 1 saturated heterocycles. The van der Waals surface area contributed by atoms with Crippen LogP contribution in [0.2, 0.25) is 0 Å². The summed E-state index contributed by atoms with van der Waals surface area (Å²) in [6, 6.07) is 0.317. The van der Waals surface area contributed by atoms with E-state index in [2.05, 4.69) is 22.5 Å². The van der Waals surface area contributed by atoms with E-state index in [9.17, 15) is 4.79 Å². The minimum Gasteiger partial charge on any atom is -0.444 e. The minimum atomic E-state index is -0.466. The first-order valence-corrected chi connectivity index (χ1v) is 9.30. The molecule has 1 aliphatic heterocycles. The Morgan fingerprint density at radius 1 is 1.35 bits per heavy atom. The Morgan fingerprint density at radius 2 is 2.04 bits per heavy atom. The maximum Gasteiger partial charge on any atom is 0.410 e. The molecule has 0 aromatic rings. The number of rotatable bonds is 6. The van der Waals surface area contributed by atoms with Crippen LogP contribution in [0.15, 0.2) is 4.99 Å². The van der Waals surface area contributed by atoms with Gasteiger partial charge in [-0.2, -0.15) is 0 Å². The van der Waals surface area contributed by atoms with Gasteiger partial charge >= 0.3 is 6.09 Å². The molecule has 1 unspecified atom stereocenters. The lowest BCUT2D eigenvalue weighted by molar-refractivity contribution is 0.0237. The highest BCUT2D eigenvalue weighted by molar-refractivity contribution is 14.0. The summed E-state index contributed by atoms with van der Waals surface area (Å²) in [7, 11) is 1.75. The van der Waals surface area contributed by atoms with Crippen molar-refractivity contribution in [3.05, 3.63) is 0 Å². The molecule has 0 aromatic carbocycles. The molecule has 2 fully saturated rings. The molecule has 1 atom stereocenters. The molecule has 0 aromatic heterocycles. The van der Waals surface area contributed by atoms with E-state index < -0.39 is 5.60 Å². The van der Waals surface area contributed by atoms with Crippen molar-refractivity contribution in [1.82, 2.24) is 15.5 Å². The van der Waals surface area contributed by atoms with Crippen LogP contribution in [0.1, 0.15) is 53.4 Å². The first-order chi connectivity index (χ1) is 11.7. The average Bonchev–Trinajstić information content (AvgIpc) is 3.26. The van der Waals surface area contributed by atoms with E-state index >= 15 is 0 Å². The zero-order valence-electron chi connectivity index (χ0n) is 16.8. The summed E-state index contributed by atoms with van der Waals surface area (Å²) >= 11 is 0. The highest BCUT2D eigenvalue weighted by atomic mass is 127. The monoisotopic (exact) mass is 482 g/mol. The molecule has 2 rings (SSSR count). The summed E-state index contributed by atoms with van der Waals surface area (Å²) in [6.45, 7) is 10.6. The van der Waals surface area contributed by atoms with Crippen molar-refractivity contribution in [2.75, 3.05) is 33.3 Å². The molecule has 0 bridgehead atoms. The fourth-order valence-corrected chi connectivity index (χ4v) is 2.89. The van der Waals surface area contributed by atoms with E-state index in [1.54, 1.807) is 7.05 Å². The third kappa shape index (κ3) is 7.85. The normalized spacial score (nSPS) is 23.2. The number of aliphatic imine (C=N–C) groups is 1. The van der Waals surface area contributed by atoms with Gasteiger partial charge in [-0.15, -0.1) is 24.0 Å². The zero-order valence-corrected chi connectivity index (χ0v) is 19.1. The Labute approximate surface area is 174 Å². The van der Waals surface area contributed by atoms with Gasteiger partial charge in [0, 0.05) is 39.3 Å². The number of nitrogens with zero attached hydrogens (tertiary/aromatic N) is 2. The predicted molar refractivity (Wildman–Crippen MR) is 114 cm³/mol. The van der Waals surface area contributed by atoms with Crippen molar-refractivity contribution >= 4 is 36.0 Å². The third-order valence-electron chi connectivity index (χ3n) is 4.41. The molecule has 26 heavy (non-hydrogen) atoms. The van der Waals surface area contributed by atoms with Crippen molar-refractivity contribution in [3.63, 3.8) is 0 Å². The summed E-state index contributed by atoms with van der Waals surface area (Å²) in [6.07, 6.45) is 4.05. The third-order valence-corrected chi connectivity index (χ3v) is 4.41. The standard InChI is InChI=1S/C18H34N4O3.HI/c1-17(2,3)25-16(23)22(14-7-8-14)11-10-20-15(19-5)21-13-18(4)9-6-12-24-18;/h14H,6-13H2,1-5H3,(H2,19,20,21);1H. The summed E-state index contributed by atoms with van der Waals surface area (Å²) < 4.78 is 11.3. The Kier molecular flexibility index (Phi) is 8.92. The van der Waals surface area contributed by atoms with Gasteiger partial charge in [-0.3, -0.25) is 4.99 Å². The smallest absolute Gasteiger partial charge is 0.410 e. The molecule has 1 amide bonds. The largest absolute Gasteiger partial charge is 0.444 e. The number of carbonyl (C=O) groups is 1. The van der Waals surface area contributed by atoms with Crippen LogP contribution in [0.4, 0.5) is 4.79 Å². The van der Waals surface area contributed by atoms with Crippen LogP contribution in [0.25, 0.3) is 0 Å². The van der Waals surface area contributed by atoms with Crippen molar-refractivity contribution in [2.24, 2.45) is 4.99 Å². The van der Waals surface area contributed by atoms with Gasteiger partial charge in [0.1, 0.15) is 5.60 Å². The van der Waals surface area contributed by atoms with E-state index in [1.165, 1.54) is 0 Å². The molecule has 1 saturated carbocycles. The van der Waals surface area contributed by atoms with Crippen LogP contribution >= 0.6 is 24.0 Å². The number of guanidine groups is 1. The number of carbonyl (C=O) groups excluding carboxylic acids is 1. The molecule has 0 radical (unpaired) electrons. The lowest BCUT2D eigenvalue weighted by Crippen LogP contribution is -2.48. The molecule has 7 nitrogen and oxygen atoms in total. The number of hydrogen-bond donors (Lipinski definition) is 2. The fraction of sp³-hybridized carbons (Fsp3) is 0.889. The lowest BCUT2D eigenvalue weighted by Gasteiger charge is -2.28. The number of nitrogens with one attached hydrogen (secondary N) is 2. The van der Waals surface area contributed by atoms with Crippen molar-refractivity contribution < 1.29 is 14.3 Å². The van der Waals surface area contributed by atoms with E-state index in [0.29, 0.717) is 19.1 Å². The fourth-order valence-electron chi connectivity index (χ4n) is 2.89. The van der Waals surface area contributed by atoms with E-state index in [4.69, 9.17) is 9.47 Å². The topological polar surface area (TPSA) is 75.2 Å². The molecule has 1 aliphatic carbocycles. The highest BCUT2D eigenvalue weighted by Crippen LogP contribution is 2.28. The highest BCUT2D eigenvalue weighted by Gasteiger charge is 2.35. The molecule has 0 spiro atoms. The maximum absolute atomic E-state index is 12.3. The van der Waals surface area contributed by atoms with Crippen LogP contribution in [0.3, 0.4) is 0 Å². The van der Waals surface area contributed by atoms with Crippen LogP contribution in [-0.2, 0) is 9.47 Å². The van der Waals surface area contributed by atoms with Crippen LogP contribution in [0, 0.1) is 0 Å². The second-order valence-electron chi connectivity index (χ2n) is 8.16. The number of ether oxygens (including phenoxy) is 2. The Morgan fingerprint density at radius 3 is 2.54 bits per heavy atom. The SMILES string of the molecule is CN=C(NCCN(C(=O)OC(C)(C)C)C1CC1)NCC1(C)CCCO1.I. The van der Waals surface area contributed by atoms with E-state index in [0.717, 1.165) is 44.8 Å². The van der Waals surface area contributed by atoms with E-state index in [-0.39, 0.29) is 35.7 Å². The van der Waals surface area contributed by atoms with Gasteiger partial charge in [0.2, 0.25) is 0 Å². The second kappa shape index (κ2) is 9.96. The minimum absolute atomic E-state index is 0. The summed E-state index contributed by atoms with van der Waals surface area (Å²) in [5.41, 5.74) is -0.583. The summed E-state index contributed by atoms with van der Waals surface area (Å²) in [5.74, 6) is 0.733. The van der Waals surface area contributed by atoms with Crippen molar-refractivity contribution in [1.29, 1.82) is 0 Å². The Hall–Kier alpha value is -0.770. The quantitative estimate of drug-likeness (QED) is 0.346. The summed E-state index contributed by atoms with van der Waals surface area (Å²) in [5, 5.41) is 6.59. The zero-order chi connectivity index (χ0) is 18.5. The van der Waals surface area contributed by atoms with E-state index in [1.807, 2.05) is 25.7 Å². The number of hydrogen-bond acceptors (Lipinski definition) is 4. The maximum atomic E-state index is 12.3. The van der Waals surface area contributed by atoms with Gasteiger partial charge in [-0.1, -0.05) is 0 Å². The first kappa shape index (κ1) is 23.3. The Bertz CT molecular complexity index is 483. The van der Waals surface area contributed by atoms with Crippen molar-refractivity contribution in [3.8, 4) is 0 Å². The predicted octanol–water partition coefficient (Wildman–Crippen LogP) is 2.74. The molecule has 2 aliphatic rings. The number of amides is 1. The molecular weight excluding hydrogens is 447 g/mol. The van der Waals surface area contributed by atoms with Gasteiger partial charge in [0.25, 0.3) is 0 Å². The second-order valence-corrected chi connectivity index (χ2v) is 8.16. The average molecular weight is 482 g/mol. The van der Waals surface area contributed by atoms with Gasteiger partial charge in [-0.05, 0) is 53.4 Å². The van der Waals surface area contributed by atoms with Gasteiger partial charge in [0.15, 0.2) is 5.96 Å². The first-order valence-electron chi connectivity index (χ1n) is 9.30. The molecular formula is C18H35IN4O3. The van der Waals surface area contributed by atoms with Crippen LogP contribution in [-0.4, -0.2) is 67.5 Å². The van der Waals surface area contributed by atoms with Gasteiger partial charge in [-0.25, -0.2) is 4.79 Å².